The summed E-state index contributed by atoms with van der Waals surface area (Å²) in [6, 6.07) is 9.28. The number of nitrogens with one attached hydrogen (secondary N) is 1. The molecule has 0 unspecified atom stereocenters. The number of aryl methyl sites for hydroxylation is 2. The lowest BCUT2D eigenvalue weighted by Gasteiger charge is -2.12. The van der Waals surface area contributed by atoms with Crippen LogP contribution >= 0.6 is 0 Å². The van der Waals surface area contributed by atoms with Crippen molar-refractivity contribution in [2.45, 2.75) is 13.8 Å². The Bertz CT molecular complexity index is 574. The number of anilines is 2. The molecule has 1 aromatic heterocycles. The largest absolute Gasteiger partial charge is 0.477 e. The molecule has 18 heavy (non-hydrogen) atoms. The molecule has 0 aliphatic rings. The van der Waals surface area contributed by atoms with E-state index in [1.54, 1.807) is 6.07 Å². The standard InChI is InChI=1S/C14H14N2O2/c1-9-4-3-5-10(2)13(9)16-11-6-7-15-12(8-11)14(17)18/h3-8H,1-2H3,(H,15,16)(H,17,18). The third-order valence-corrected chi connectivity index (χ3v) is 2.73. The molecule has 4 heteroatoms. The summed E-state index contributed by atoms with van der Waals surface area (Å²) in [6.45, 7) is 4.02. The summed E-state index contributed by atoms with van der Waals surface area (Å²) in [5.41, 5.74) is 3.98. The second-order valence-electron chi connectivity index (χ2n) is 4.13. The highest BCUT2D eigenvalue weighted by Gasteiger charge is 2.07. The van der Waals surface area contributed by atoms with Crippen LogP contribution in [-0.4, -0.2) is 16.1 Å². The highest BCUT2D eigenvalue weighted by atomic mass is 16.4. The first-order valence-electron chi connectivity index (χ1n) is 5.60. The predicted octanol–water partition coefficient (Wildman–Crippen LogP) is 3.14. The normalized spacial score (nSPS) is 10.1. The van der Waals surface area contributed by atoms with E-state index in [1.807, 2.05) is 32.0 Å². The first kappa shape index (κ1) is 12.1. The van der Waals surface area contributed by atoms with Gasteiger partial charge in [-0.15, -0.1) is 0 Å². The Kier molecular flexibility index (Phi) is 3.28. The van der Waals surface area contributed by atoms with Crippen molar-refractivity contribution in [3.8, 4) is 0 Å². The van der Waals surface area contributed by atoms with E-state index in [2.05, 4.69) is 10.3 Å². The van der Waals surface area contributed by atoms with E-state index in [-0.39, 0.29) is 5.69 Å². The number of aromatic nitrogens is 1. The lowest BCUT2D eigenvalue weighted by atomic mass is 10.1. The molecule has 0 aliphatic carbocycles. The number of pyridine rings is 1. The summed E-state index contributed by atoms with van der Waals surface area (Å²) >= 11 is 0. The van der Waals surface area contributed by atoms with Gasteiger partial charge in [0.2, 0.25) is 0 Å². The molecule has 92 valence electrons. The zero-order chi connectivity index (χ0) is 13.1. The number of nitrogens with zero attached hydrogens (tertiary/aromatic N) is 1. The van der Waals surface area contributed by atoms with Gasteiger partial charge in [0, 0.05) is 17.6 Å². The summed E-state index contributed by atoms with van der Waals surface area (Å²) in [5.74, 6) is -1.03. The lowest BCUT2D eigenvalue weighted by molar-refractivity contribution is 0.0690. The molecule has 0 saturated carbocycles. The number of hydrogen-bond acceptors (Lipinski definition) is 3. The molecule has 0 bridgehead atoms. The molecule has 0 fully saturated rings. The molecule has 0 saturated heterocycles. The van der Waals surface area contributed by atoms with E-state index < -0.39 is 5.97 Å². The van der Waals surface area contributed by atoms with E-state index >= 15 is 0 Å². The highest BCUT2D eigenvalue weighted by molar-refractivity contribution is 5.86. The molecule has 2 N–H and O–H groups in total. The average Bonchev–Trinajstić information content (AvgIpc) is 2.34. The van der Waals surface area contributed by atoms with Crippen molar-refractivity contribution in [2.24, 2.45) is 0 Å². The maximum absolute atomic E-state index is 10.8. The zero-order valence-corrected chi connectivity index (χ0v) is 10.3. The summed E-state index contributed by atoms with van der Waals surface area (Å²) in [6.07, 6.45) is 1.49. The quantitative estimate of drug-likeness (QED) is 0.868. The van der Waals surface area contributed by atoms with E-state index in [1.165, 1.54) is 12.3 Å². The van der Waals surface area contributed by atoms with Gasteiger partial charge in [0.05, 0.1) is 0 Å². The van der Waals surface area contributed by atoms with E-state index in [9.17, 15) is 4.79 Å². The monoisotopic (exact) mass is 242 g/mol. The van der Waals surface area contributed by atoms with Gasteiger partial charge in [-0.3, -0.25) is 0 Å². The van der Waals surface area contributed by atoms with Crippen LogP contribution in [0, 0.1) is 13.8 Å². The van der Waals surface area contributed by atoms with Crippen molar-refractivity contribution >= 4 is 17.3 Å². The summed E-state index contributed by atoms with van der Waals surface area (Å²) < 4.78 is 0. The first-order valence-corrected chi connectivity index (χ1v) is 5.60. The van der Waals surface area contributed by atoms with Gasteiger partial charge < -0.3 is 10.4 Å². The lowest BCUT2D eigenvalue weighted by Crippen LogP contribution is -2.02. The fraction of sp³-hybridized carbons (Fsp3) is 0.143. The Morgan fingerprint density at radius 3 is 2.50 bits per heavy atom. The van der Waals surface area contributed by atoms with Crippen molar-refractivity contribution in [3.63, 3.8) is 0 Å². The van der Waals surface area contributed by atoms with Crippen LogP contribution in [0.5, 0.6) is 0 Å². The zero-order valence-electron chi connectivity index (χ0n) is 10.3. The minimum atomic E-state index is -1.03. The van der Waals surface area contributed by atoms with Gasteiger partial charge >= 0.3 is 5.97 Å². The minimum Gasteiger partial charge on any atom is -0.477 e. The molecule has 4 nitrogen and oxygen atoms in total. The Labute approximate surface area is 105 Å². The van der Waals surface area contributed by atoms with Gasteiger partial charge in [0.15, 0.2) is 0 Å². The Balaban J connectivity index is 2.34. The van der Waals surface area contributed by atoms with Crippen molar-refractivity contribution in [3.05, 3.63) is 53.3 Å². The van der Waals surface area contributed by atoms with Crippen molar-refractivity contribution in [2.75, 3.05) is 5.32 Å². The summed E-state index contributed by atoms with van der Waals surface area (Å²) in [7, 11) is 0. The molecular formula is C14H14N2O2. The van der Waals surface area contributed by atoms with E-state index in [0.717, 1.165) is 22.5 Å². The van der Waals surface area contributed by atoms with Crippen LogP contribution in [0.1, 0.15) is 21.6 Å². The van der Waals surface area contributed by atoms with Gasteiger partial charge in [-0.05, 0) is 37.1 Å². The topological polar surface area (TPSA) is 62.2 Å². The number of para-hydroxylation sites is 1. The third-order valence-electron chi connectivity index (χ3n) is 2.73. The molecule has 2 rings (SSSR count). The molecule has 0 aliphatic heterocycles. The van der Waals surface area contributed by atoms with Crippen LogP contribution in [-0.2, 0) is 0 Å². The smallest absolute Gasteiger partial charge is 0.354 e. The predicted molar refractivity (Wildman–Crippen MR) is 70.4 cm³/mol. The molecule has 2 aromatic rings. The number of benzene rings is 1. The molecule has 0 spiro atoms. The third kappa shape index (κ3) is 2.48. The second kappa shape index (κ2) is 4.87. The van der Waals surface area contributed by atoms with Gasteiger partial charge in [-0.25, -0.2) is 9.78 Å². The number of aromatic carboxylic acids is 1. The van der Waals surface area contributed by atoms with Gasteiger partial charge in [-0.2, -0.15) is 0 Å². The van der Waals surface area contributed by atoms with E-state index in [4.69, 9.17) is 5.11 Å². The molecule has 1 aromatic carbocycles. The average molecular weight is 242 g/mol. The van der Waals surface area contributed by atoms with Crippen LogP contribution in [0.15, 0.2) is 36.5 Å². The Hall–Kier alpha value is -2.36. The highest BCUT2D eigenvalue weighted by Crippen LogP contribution is 2.24. The van der Waals surface area contributed by atoms with Gasteiger partial charge in [0.1, 0.15) is 5.69 Å². The Morgan fingerprint density at radius 2 is 1.89 bits per heavy atom. The maximum Gasteiger partial charge on any atom is 0.354 e. The minimum absolute atomic E-state index is 0.0336. The molecule has 0 atom stereocenters. The number of carbonyl (C=O) groups is 1. The van der Waals surface area contributed by atoms with Crippen molar-refractivity contribution in [1.29, 1.82) is 0 Å². The summed E-state index contributed by atoms with van der Waals surface area (Å²) in [5, 5.41) is 12.1. The van der Waals surface area contributed by atoms with Crippen molar-refractivity contribution < 1.29 is 9.90 Å². The second-order valence-corrected chi connectivity index (χ2v) is 4.13. The number of carboxylic acids is 1. The van der Waals surface area contributed by atoms with Crippen LogP contribution in [0.4, 0.5) is 11.4 Å². The summed E-state index contributed by atoms with van der Waals surface area (Å²) in [4.78, 5) is 14.6. The van der Waals surface area contributed by atoms with Crippen LogP contribution < -0.4 is 5.32 Å². The first-order chi connectivity index (χ1) is 8.58. The molecular weight excluding hydrogens is 228 g/mol. The van der Waals surface area contributed by atoms with Crippen LogP contribution in [0.25, 0.3) is 0 Å². The fourth-order valence-corrected chi connectivity index (χ4v) is 1.78. The maximum atomic E-state index is 10.8. The fourth-order valence-electron chi connectivity index (χ4n) is 1.78. The molecule has 0 amide bonds. The Morgan fingerprint density at radius 1 is 1.22 bits per heavy atom. The van der Waals surface area contributed by atoms with Crippen molar-refractivity contribution in [1.82, 2.24) is 4.98 Å². The molecule has 1 heterocycles. The molecule has 0 radical (unpaired) electrons. The van der Waals surface area contributed by atoms with E-state index in [0.29, 0.717) is 0 Å². The number of carboxylic acid groups (broad SMARTS) is 1. The van der Waals surface area contributed by atoms with Gasteiger partial charge in [-0.1, -0.05) is 18.2 Å². The van der Waals surface area contributed by atoms with Crippen LogP contribution in [0.3, 0.4) is 0 Å². The van der Waals surface area contributed by atoms with Gasteiger partial charge in [0.25, 0.3) is 0 Å². The number of rotatable bonds is 3. The van der Waals surface area contributed by atoms with Crippen LogP contribution in [0.2, 0.25) is 0 Å². The SMILES string of the molecule is Cc1cccc(C)c1Nc1ccnc(C(=O)O)c1. The number of hydrogen-bond donors (Lipinski definition) is 2.